The van der Waals surface area contributed by atoms with Crippen molar-refractivity contribution in [3.8, 4) is 0 Å². The minimum Gasteiger partial charge on any atom is -0.329 e. The number of nitrogens with one attached hydrogen (secondary N) is 1. The normalized spacial score (nSPS) is 12.9. The van der Waals surface area contributed by atoms with Crippen LogP contribution in [0, 0.1) is 0 Å². The van der Waals surface area contributed by atoms with Crippen molar-refractivity contribution in [1.29, 1.82) is 0 Å². The molecular formula is C10H14Cl2N2. The van der Waals surface area contributed by atoms with Crippen molar-refractivity contribution in [1.82, 2.24) is 5.32 Å². The van der Waals surface area contributed by atoms with E-state index in [1.54, 1.807) is 6.07 Å². The van der Waals surface area contributed by atoms with E-state index in [0.717, 1.165) is 12.1 Å². The van der Waals surface area contributed by atoms with Gasteiger partial charge >= 0.3 is 0 Å². The first kappa shape index (κ1) is 11.8. The molecule has 0 aromatic heterocycles. The van der Waals surface area contributed by atoms with E-state index in [1.807, 2.05) is 19.1 Å². The van der Waals surface area contributed by atoms with Crippen LogP contribution in [-0.2, 0) is 0 Å². The first-order valence-corrected chi connectivity index (χ1v) is 5.33. The first-order chi connectivity index (χ1) is 6.69. The Morgan fingerprint density at radius 2 is 2.14 bits per heavy atom. The van der Waals surface area contributed by atoms with Crippen molar-refractivity contribution < 1.29 is 0 Å². The summed E-state index contributed by atoms with van der Waals surface area (Å²) >= 11 is 11.9. The second-order valence-electron chi connectivity index (χ2n) is 3.01. The summed E-state index contributed by atoms with van der Waals surface area (Å²) in [5.74, 6) is 0. The lowest BCUT2D eigenvalue weighted by molar-refractivity contribution is 0.562. The standard InChI is InChI=1S/C10H14Cl2N2/c1-2-14-10(6-13)8-4-3-7(11)5-9(8)12/h3-5,10,14H,2,6,13H2,1H3. The Morgan fingerprint density at radius 3 is 2.64 bits per heavy atom. The number of halogens is 2. The van der Waals surface area contributed by atoms with Gasteiger partial charge in [-0.3, -0.25) is 0 Å². The average Bonchev–Trinajstić information content (AvgIpc) is 2.15. The number of likely N-dealkylation sites (N-methyl/N-ethyl adjacent to an activating group) is 1. The zero-order chi connectivity index (χ0) is 10.6. The summed E-state index contributed by atoms with van der Waals surface area (Å²) in [6.45, 7) is 3.42. The minimum atomic E-state index is 0.102. The smallest absolute Gasteiger partial charge is 0.0469 e. The van der Waals surface area contributed by atoms with Gasteiger partial charge in [-0.2, -0.15) is 0 Å². The highest BCUT2D eigenvalue weighted by molar-refractivity contribution is 6.35. The SMILES string of the molecule is CCNC(CN)c1ccc(Cl)cc1Cl. The molecule has 0 saturated heterocycles. The molecule has 0 heterocycles. The van der Waals surface area contributed by atoms with Crippen molar-refractivity contribution in [2.75, 3.05) is 13.1 Å². The molecule has 0 aliphatic heterocycles. The second kappa shape index (κ2) is 5.56. The maximum absolute atomic E-state index is 6.06. The van der Waals surface area contributed by atoms with Crippen LogP contribution in [0.3, 0.4) is 0 Å². The van der Waals surface area contributed by atoms with E-state index in [4.69, 9.17) is 28.9 Å². The molecule has 78 valence electrons. The number of benzene rings is 1. The second-order valence-corrected chi connectivity index (χ2v) is 3.86. The summed E-state index contributed by atoms with van der Waals surface area (Å²) in [7, 11) is 0. The highest BCUT2D eigenvalue weighted by atomic mass is 35.5. The Kier molecular flexibility index (Phi) is 4.69. The van der Waals surface area contributed by atoms with Crippen LogP contribution in [0.25, 0.3) is 0 Å². The van der Waals surface area contributed by atoms with Gasteiger partial charge < -0.3 is 11.1 Å². The van der Waals surface area contributed by atoms with Crippen molar-refractivity contribution in [3.05, 3.63) is 33.8 Å². The van der Waals surface area contributed by atoms with Gasteiger partial charge in [-0.25, -0.2) is 0 Å². The van der Waals surface area contributed by atoms with E-state index in [0.29, 0.717) is 16.6 Å². The number of hydrogen-bond acceptors (Lipinski definition) is 2. The van der Waals surface area contributed by atoms with Crippen LogP contribution in [0.2, 0.25) is 10.0 Å². The van der Waals surface area contributed by atoms with Gasteiger partial charge in [0.15, 0.2) is 0 Å². The maximum atomic E-state index is 6.06. The van der Waals surface area contributed by atoms with Gasteiger partial charge in [-0.1, -0.05) is 36.2 Å². The van der Waals surface area contributed by atoms with E-state index in [-0.39, 0.29) is 6.04 Å². The van der Waals surface area contributed by atoms with Gasteiger partial charge in [0.05, 0.1) is 0 Å². The van der Waals surface area contributed by atoms with E-state index in [1.165, 1.54) is 0 Å². The Bertz CT molecular complexity index is 302. The third kappa shape index (κ3) is 2.85. The largest absolute Gasteiger partial charge is 0.329 e. The van der Waals surface area contributed by atoms with Crippen molar-refractivity contribution >= 4 is 23.2 Å². The molecule has 1 atom stereocenters. The fourth-order valence-corrected chi connectivity index (χ4v) is 1.89. The molecule has 0 radical (unpaired) electrons. The summed E-state index contributed by atoms with van der Waals surface area (Å²) in [4.78, 5) is 0. The molecule has 0 bridgehead atoms. The monoisotopic (exact) mass is 232 g/mol. The van der Waals surface area contributed by atoms with Crippen LogP contribution in [0.4, 0.5) is 0 Å². The summed E-state index contributed by atoms with van der Waals surface area (Å²) in [6.07, 6.45) is 0. The first-order valence-electron chi connectivity index (χ1n) is 4.57. The molecule has 0 spiro atoms. The molecule has 14 heavy (non-hydrogen) atoms. The van der Waals surface area contributed by atoms with Crippen LogP contribution in [-0.4, -0.2) is 13.1 Å². The zero-order valence-corrected chi connectivity index (χ0v) is 9.57. The predicted molar refractivity (Wildman–Crippen MR) is 61.9 cm³/mol. The number of rotatable bonds is 4. The quantitative estimate of drug-likeness (QED) is 0.838. The van der Waals surface area contributed by atoms with Crippen LogP contribution in [0.15, 0.2) is 18.2 Å². The average molecular weight is 233 g/mol. The fraction of sp³-hybridized carbons (Fsp3) is 0.400. The lowest BCUT2D eigenvalue weighted by Gasteiger charge is -2.17. The number of nitrogens with two attached hydrogens (primary N) is 1. The summed E-state index contributed by atoms with van der Waals surface area (Å²) < 4.78 is 0. The van der Waals surface area contributed by atoms with E-state index >= 15 is 0 Å². The van der Waals surface area contributed by atoms with Crippen LogP contribution in [0.5, 0.6) is 0 Å². The van der Waals surface area contributed by atoms with E-state index in [2.05, 4.69) is 5.32 Å². The van der Waals surface area contributed by atoms with Gasteiger partial charge in [-0.15, -0.1) is 0 Å². The molecule has 1 aromatic carbocycles. The molecule has 1 rings (SSSR count). The Morgan fingerprint density at radius 1 is 1.43 bits per heavy atom. The van der Waals surface area contributed by atoms with E-state index in [9.17, 15) is 0 Å². The molecule has 4 heteroatoms. The molecular weight excluding hydrogens is 219 g/mol. The van der Waals surface area contributed by atoms with Crippen molar-refractivity contribution in [3.63, 3.8) is 0 Å². The highest BCUT2D eigenvalue weighted by Crippen LogP contribution is 2.25. The summed E-state index contributed by atoms with van der Waals surface area (Å²) in [5.41, 5.74) is 6.64. The third-order valence-corrected chi connectivity index (χ3v) is 2.59. The Balaban J connectivity index is 2.92. The van der Waals surface area contributed by atoms with Gasteiger partial charge in [0.1, 0.15) is 0 Å². The Labute approximate surface area is 94.4 Å². The summed E-state index contributed by atoms with van der Waals surface area (Å²) in [6, 6.07) is 5.57. The molecule has 1 unspecified atom stereocenters. The van der Waals surface area contributed by atoms with Crippen LogP contribution < -0.4 is 11.1 Å². The van der Waals surface area contributed by atoms with Crippen molar-refractivity contribution in [2.24, 2.45) is 5.73 Å². The van der Waals surface area contributed by atoms with Gasteiger partial charge in [0.25, 0.3) is 0 Å². The molecule has 0 aliphatic carbocycles. The summed E-state index contributed by atoms with van der Waals surface area (Å²) in [5, 5.41) is 4.56. The minimum absolute atomic E-state index is 0.102. The maximum Gasteiger partial charge on any atom is 0.0469 e. The molecule has 0 aliphatic rings. The third-order valence-electron chi connectivity index (χ3n) is 2.02. The van der Waals surface area contributed by atoms with Crippen molar-refractivity contribution in [2.45, 2.75) is 13.0 Å². The zero-order valence-electron chi connectivity index (χ0n) is 8.06. The molecule has 2 nitrogen and oxygen atoms in total. The fourth-order valence-electron chi connectivity index (χ4n) is 1.35. The van der Waals surface area contributed by atoms with E-state index < -0.39 is 0 Å². The van der Waals surface area contributed by atoms with Gasteiger partial charge in [0.2, 0.25) is 0 Å². The van der Waals surface area contributed by atoms with Gasteiger partial charge in [0, 0.05) is 22.6 Å². The number of hydrogen-bond donors (Lipinski definition) is 2. The van der Waals surface area contributed by atoms with Crippen LogP contribution in [0.1, 0.15) is 18.5 Å². The Hall–Kier alpha value is -0.280. The highest BCUT2D eigenvalue weighted by Gasteiger charge is 2.11. The topological polar surface area (TPSA) is 38.0 Å². The molecule has 0 saturated carbocycles. The lowest BCUT2D eigenvalue weighted by atomic mass is 10.1. The molecule has 1 aromatic rings. The molecule has 0 fully saturated rings. The molecule has 0 amide bonds. The predicted octanol–water partition coefficient (Wildman–Crippen LogP) is 2.60. The van der Waals surface area contributed by atoms with Crippen LogP contribution >= 0.6 is 23.2 Å². The lowest BCUT2D eigenvalue weighted by Crippen LogP contribution is -2.28. The van der Waals surface area contributed by atoms with Gasteiger partial charge in [-0.05, 0) is 24.2 Å². The molecule has 3 N–H and O–H groups in total.